The van der Waals surface area contributed by atoms with Crippen LogP contribution in [0, 0.1) is 11.3 Å². The average Bonchev–Trinajstić information content (AvgIpc) is 3.08. The van der Waals surface area contributed by atoms with Crippen LogP contribution in [-0.4, -0.2) is 32.7 Å². The molecule has 0 saturated carbocycles. The van der Waals surface area contributed by atoms with Crippen molar-refractivity contribution in [1.82, 2.24) is 19.6 Å². The van der Waals surface area contributed by atoms with Gasteiger partial charge in [0.25, 0.3) is 0 Å². The molecule has 2 heterocycles. The Hall–Kier alpha value is -3.24. The Morgan fingerprint density at radius 1 is 1.22 bits per heavy atom. The number of nitrogens with two attached hydrogens (primary N) is 1. The number of aromatic nitrogens is 4. The monoisotopic (exact) mass is 305 g/mol. The lowest BCUT2D eigenvalue weighted by atomic mass is 10.1. The lowest BCUT2D eigenvalue weighted by molar-refractivity contribution is 0.827. The molecule has 7 heteroatoms. The number of nitrogens with zero attached hydrogens (tertiary/aromatic N) is 5. The van der Waals surface area contributed by atoms with Gasteiger partial charge in [-0.2, -0.15) is 5.26 Å². The van der Waals surface area contributed by atoms with Crippen LogP contribution < -0.4 is 11.2 Å². The van der Waals surface area contributed by atoms with E-state index in [2.05, 4.69) is 26.4 Å². The van der Waals surface area contributed by atoms with Crippen LogP contribution in [0.3, 0.4) is 0 Å². The molecule has 0 amide bonds. The third kappa shape index (κ3) is 3.17. The van der Waals surface area contributed by atoms with Crippen molar-refractivity contribution in [3.05, 3.63) is 54.6 Å². The summed E-state index contributed by atoms with van der Waals surface area (Å²) < 4.78 is 1.75. The molecule has 0 fully saturated rings. The summed E-state index contributed by atoms with van der Waals surface area (Å²) in [5, 5.41) is 8.87. The number of hydrogen-bond donors (Lipinski definition) is 2. The van der Waals surface area contributed by atoms with Crippen molar-refractivity contribution in [1.29, 1.82) is 5.26 Å². The number of rotatable bonds is 5. The van der Waals surface area contributed by atoms with Crippen LogP contribution in [0.4, 0.5) is 0 Å². The van der Waals surface area contributed by atoms with Gasteiger partial charge in [0.15, 0.2) is 5.82 Å². The van der Waals surface area contributed by atoms with Gasteiger partial charge in [-0.05, 0) is 18.2 Å². The molecule has 0 saturated heterocycles. The largest absolute Gasteiger partial charge is 0.329 e. The Morgan fingerprint density at radius 2 is 2.04 bits per heavy atom. The standard InChI is InChI=1S/C16H15N7/c17-6-8-21-23-11-19-10-15(23)16-20-7-5-14(22-16)13-3-1-12(9-18)2-4-13/h1-5,7,10-11,21H,6,8,17H2. The van der Waals surface area contributed by atoms with E-state index in [-0.39, 0.29) is 0 Å². The molecule has 0 bridgehead atoms. The highest BCUT2D eigenvalue weighted by Gasteiger charge is 2.09. The summed E-state index contributed by atoms with van der Waals surface area (Å²) in [5.41, 5.74) is 11.7. The minimum Gasteiger partial charge on any atom is -0.329 e. The highest BCUT2D eigenvalue weighted by molar-refractivity contribution is 5.62. The lowest BCUT2D eigenvalue weighted by Crippen LogP contribution is -2.22. The highest BCUT2D eigenvalue weighted by Crippen LogP contribution is 2.20. The number of nitrogens with one attached hydrogen (secondary N) is 1. The molecule has 23 heavy (non-hydrogen) atoms. The van der Waals surface area contributed by atoms with E-state index in [0.29, 0.717) is 24.5 Å². The normalized spacial score (nSPS) is 10.3. The Kier molecular flexibility index (Phi) is 4.27. The molecule has 0 spiro atoms. The van der Waals surface area contributed by atoms with E-state index in [4.69, 9.17) is 11.0 Å². The zero-order valence-corrected chi connectivity index (χ0v) is 12.3. The van der Waals surface area contributed by atoms with Crippen LogP contribution >= 0.6 is 0 Å². The van der Waals surface area contributed by atoms with Crippen LogP contribution in [0.1, 0.15) is 5.56 Å². The molecule has 0 aliphatic rings. The maximum Gasteiger partial charge on any atom is 0.180 e. The third-order valence-corrected chi connectivity index (χ3v) is 3.26. The van der Waals surface area contributed by atoms with Gasteiger partial charge in [0, 0.05) is 24.8 Å². The summed E-state index contributed by atoms with van der Waals surface area (Å²) in [6.07, 6.45) is 5.06. The van der Waals surface area contributed by atoms with Gasteiger partial charge >= 0.3 is 0 Å². The molecule has 0 aliphatic carbocycles. The fraction of sp³-hybridized carbons (Fsp3) is 0.125. The SMILES string of the molecule is N#Cc1ccc(-c2ccnc(-c3cncn3NCCN)n2)cc1. The topological polar surface area (TPSA) is 105 Å². The molecule has 0 radical (unpaired) electrons. The van der Waals surface area contributed by atoms with Gasteiger partial charge in [0.05, 0.1) is 23.5 Å². The Bertz CT molecular complexity index is 830. The summed E-state index contributed by atoms with van der Waals surface area (Å²) in [5.74, 6) is 0.564. The predicted molar refractivity (Wildman–Crippen MR) is 86.7 cm³/mol. The molecule has 3 aromatic rings. The highest BCUT2D eigenvalue weighted by atomic mass is 15.4. The summed E-state index contributed by atoms with van der Waals surface area (Å²) in [6, 6.07) is 11.2. The first-order chi connectivity index (χ1) is 11.3. The molecule has 0 atom stereocenters. The molecule has 114 valence electrons. The van der Waals surface area contributed by atoms with Crippen molar-refractivity contribution in [2.45, 2.75) is 0 Å². The number of benzene rings is 1. The second kappa shape index (κ2) is 6.68. The van der Waals surface area contributed by atoms with E-state index in [0.717, 1.165) is 17.0 Å². The smallest absolute Gasteiger partial charge is 0.180 e. The van der Waals surface area contributed by atoms with E-state index < -0.39 is 0 Å². The second-order valence-corrected chi connectivity index (χ2v) is 4.80. The molecule has 7 nitrogen and oxygen atoms in total. The Morgan fingerprint density at radius 3 is 2.78 bits per heavy atom. The second-order valence-electron chi connectivity index (χ2n) is 4.80. The Labute approximate surface area is 133 Å². The molecule has 2 aromatic heterocycles. The van der Waals surface area contributed by atoms with Gasteiger partial charge in [-0.3, -0.25) is 0 Å². The van der Waals surface area contributed by atoms with E-state index in [1.165, 1.54) is 0 Å². The first-order valence-electron chi connectivity index (χ1n) is 7.12. The third-order valence-electron chi connectivity index (χ3n) is 3.26. The minimum atomic E-state index is 0.518. The van der Waals surface area contributed by atoms with Gasteiger partial charge < -0.3 is 11.2 Å². The van der Waals surface area contributed by atoms with Crippen molar-refractivity contribution in [2.24, 2.45) is 5.73 Å². The van der Waals surface area contributed by atoms with Crippen molar-refractivity contribution >= 4 is 0 Å². The summed E-state index contributed by atoms with van der Waals surface area (Å²) in [6.45, 7) is 1.14. The molecule has 0 aliphatic heterocycles. The predicted octanol–water partition coefficient (Wildman–Crippen LogP) is 1.38. The summed E-state index contributed by atoms with van der Waals surface area (Å²) in [7, 11) is 0. The van der Waals surface area contributed by atoms with Crippen molar-refractivity contribution in [2.75, 3.05) is 18.5 Å². The van der Waals surface area contributed by atoms with Crippen molar-refractivity contribution < 1.29 is 0 Å². The van der Waals surface area contributed by atoms with E-state index >= 15 is 0 Å². The van der Waals surface area contributed by atoms with Crippen molar-refractivity contribution in [3.8, 4) is 28.8 Å². The first kappa shape index (κ1) is 14.7. The quantitative estimate of drug-likeness (QED) is 0.737. The van der Waals surface area contributed by atoms with Gasteiger partial charge in [0.2, 0.25) is 0 Å². The zero-order chi connectivity index (χ0) is 16.1. The van der Waals surface area contributed by atoms with Crippen LogP contribution in [-0.2, 0) is 0 Å². The fourth-order valence-corrected chi connectivity index (χ4v) is 2.13. The number of imidazole rings is 1. The first-order valence-corrected chi connectivity index (χ1v) is 7.12. The average molecular weight is 305 g/mol. The van der Waals surface area contributed by atoms with E-state index in [9.17, 15) is 0 Å². The van der Waals surface area contributed by atoms with E-state index in [1.54, 1.807) is 35.5 Å². The Balaban J connectivity index is 1.93. The number of nitriles is 1. The van der Waals surface area contributed by atoms with E-state index in [1.807, 2.05) is 18.2 Å². The zero-order valence-electron chi connectivity index (χ0n) is 12.3. The van der Waals surface area contributed by atoms with Crippen LogP contribution in [0.5, 0.6) is 0 Å². The maximum atomic E-state index is 8.87. The molecular formula is C16H15N7. The van der Waals surface area contributed by atoms with Crippen LogP contribution in [0.2, 0.25) is 0 Å². The van der Waals surface area contributed by atoms with Crippen LogP contribution in [0.15, 0.2) is 49.1 Å². The summed E-state index contributed by atoms with van der Waals surface area (Å²) in [4.78, 5) is 13.0. The maximum absolute atomic E-state index is 8.87. The van der Waals surface area contributed by atoms with Gasteiger partial charge in [-0.15, -0.1) is 0 Å². The van der Waals surface area contributed by atoms with Gasteiger partial charge in [-0.1, -0.05) is 12.1 Å². The summed E-state index contributed by atoms with van der Waals surface area (Å²) >= 11 is 0. The molecular weight excluding hydrogens is 290 g/mol. The molecule has 3 N–H and O–H groups in total. The fourth-order valence-electron chi connectivity index (χ4n) is 2.13. The minimum absolute atomic E-state index is 0.518. The molecule has 3 rings (SSSR count). The van der Waals surface area contributed by atoms with Crippen LogP contribution in [0.25, 0.3) is 22.8 Å². The number of hydrogen-bond acceptors (Lipinski definition) is 6. The van der Waals surface area contributed by atoms with Gasteiger partial charge in [-0.25, -0.2) is 19.6 Å². The molecule has 0 unspecified atom stereocenters. The van der Waals surface area contributed by atoms with Crippen molar-refractivity contribution in [3.63, 3.8) is 0 Å². The van der Waals surface area contributed by atoms with Gasteiger partial charge in [0.1, 0.15) is 12.0 Å². The molecule has 1 aromatic carbocycles. The lowest BCUT2D eigenvalue weighted by Gasteiger charge is -2.09.